The molecule has 1 aromatic carbocycles. The lowest BCUT2D eigenvalue weighted by atomic mass is 10.2. The number of nitrogens with zero attached hydrogens (tertiary/aromatic N) is 5. The van der Waals surface area contributed by atoms with E-state index in [1.165, 1.54) is 18.9 Å². The molecule has 0 saturated carbocycles. The van der Waals surface area contributed by atoms with Crippen LogP contribution in [0.3, 0.4) is 0 Å². The van der Waals surface area contributed by atoms with Gasteiger partial charge in [-0.1, -0.05) is 11.8 Å². The zero-order valence-electron chi connectivity index (χ0n) is 19.6. The Labute approximate surface area is 201 Å². The maximum absolute atomic E-state index is 12.5. The van der Waals surface area contributed by atoms with Crippen LogP contribution >= 0.6 is 11.8 Å². The average Bonchev–Trinajstić information content (AvgIpc) is 3.44. The van der Waals surface area contributed by atoms with Crippen LogP contribution in [0.15, 0.2) is 35.6 Å². The molecule has 1 amide bonds. The molecule has 0 bridgehead atoms. The second-order valence-corrected chi connectivity index (χ2v) is 7.94. The molecule has 0 aliphatic heterocycles. The molecule has 0 radical (unpaired) electrons. The van der Waals surface area contributed by atoms with E-state index in [0.717, 1.165) is 5.56 Å². The van der Waals surface area contributed by atoms with Gasteiger partial charge in [-0.25, -0.2) is 4.79 Å². The number of nitrogens with one attached hydrogen (secondary N) is 1. The third kappa shape index (κ3) is 6.14. The van der Waals surface area contributed by atoms with Crippen molar-refractivity contribution in [2.24, 2.45) is 0 Å². The van der Waals surface area contributed by atoms with Gasteiger partial charge in [-0.05, 0) is 38.1 Å². The zero-order chi connectivity index (χ0) is 24.5. The van der Waals surface area contributed by atoms with Gasteiger partial charge in [0.25, 0.3) is 0 Å². The Bertz CT molecular complexity index is 1110. The highest BCUT2D eigenvalue weighted by Crippen LogP contribution is 2.30. The summed E-state index contributed by atoms with van der Waals surface area (Å²) in [7, 11) is 2.94. The number of ether oxygens (including phenoxy) is 3. The molecule has 3 rings (SSSR count). The summed E-state index contributed by atoms with van der Waals surface area (Å²) in [5.41, 5.74) is 1.72. The van der Waals surface area contributed by atoms with Gasteiger partial charge in [-0.3, -0.25) is 14.0 Å². The Balaban J connectivity index is 1.73. The van der Waals surface area contributed by atoms with Crippen LogP contribution in [-0.2, 0) is 27.4 Å². The number of aromatic nitrogens is 5. The van der Waals surface area contributed by atoms with E-state index >= 15 is 0 Å². The molecule has 0 aliphatic carbocycles. The Morgan fingerprint density at radius 2 is 1.88 bits per heavy atom. The summed E-state index contributed by atoms with van der Waals surface area (Å²) in [5.74, 6) is 0.557. The second kappa shape index (κ2) is 12.2. The van der Waals surface area contributed by atoms with Crippen molar-refractivity contribution in [2.45, 2.75) is 32.1 Å². The summed E-state index contributed by atoms with van der Waals surface area (Å²) >= 11 is 1.26. The smallest absolute Gasteiger partial charge is 0.337 e. The Morgan fingerprint density at radius 3 is 2.53 bits per heavy atom. The third-order valence-corrected chi connectivity index (χ3v) is 5.70. The van der Waals surface area contributed by atoms with Crippen LogP contribution in [0.1, 0.15) is 24.2 Å². The van der Waals surface area contributed by atoms with Crippen LogP contribution in [0.5, 0.6) is 5.88 Å². The predicted octanol–water partition coefficient (Wildman–Crippen LogP) is 2.72. The van der Waals surface area contributed by atoms with Gasteiger partial charge in [-0.15, -0.1) is 15.3 Å². The van der Waals surface area contributed by atoms with Gasteiger partial charge in [-0.2, -0.15) is 0 Å². The molecule has 0 aliphatic rings. The van der Waals surface area contributed by atoms with Crippen molar-refractivity contribution in [1.29, 1.82) is 0 Å². The summed E-state index contributed by atoms with van der Waals surface area (Å²) < 4.78 is 19.3. The monoisotopic (exact) mass is 488 g/mol. The average molecular weight is 489 g/mol. The molecule has 3 aromatic rings. The second-order valence-electron chi connectivity index (χ2n) is 6.99. The molecule has 0 unspecified atom stereocenters. The van der Waals surface area contributed by atoms with Crippen molar-refractivity contribution < 1.29 is 23.8 Å². The highest BCUT2D eigenvalue weighted by Gasteiger charge is 2.21. The number of esters is 1. The highest BCUT2D eigenvalue weighted by molar-refractivity contribution is 7.99. The summed E-state index contributed by atoms with van der Waals surface area (Å²) in [5, 5.41) is 16.5. The fraction of sp³-hybridized carbons (Fsp3) is 0.409. The van der Waals surface area contributed by atoms with Crippen molar-refractivity contribution in [3.63, 3.8) is 0 Å². The van der Waals surface area contributed by atoms with E-state index in [1.807, 2.05) is 24.6 Å². The number of methoxy groups -OCH3 is 2. The first-order valence-electron chi connectivity index (χ1n) is 10.7. The van der Waals surface area contributed by atoms with Gasteiger partial charge in [0.1, 0.15) is 5.56 Å². The van der Waals surface area contributed by atoms with Gasteiger partial charge in [0.2, 0.25) is 11.8 Å². The first-order chi connectivity index (χ1) is 16.5. The highest BCUT2D eigenvalue weighted by atomic mass is 32.2. The molecule has 0 atom stereocenters. The molecule has 0 spiro atoms. The van der Waals surface area contributed by atoms with Crippen LogP contribution < -0.4 is 10.1 Å². The molecular weight excluding hydrogens is 460 g/mol. The maximum atomic E-state index is 12.5. The number of aryl methyl sites for hydroxylation is 1. The number of benzene rings is 1. The zero-order valence-corrected chi connectivity index (χ0v) is 20.4. The Kier molecular flexibility index (Phi) is 9.05. The van der Waals surface area contributed by atoms with Crippen LogP contribution in [0.2, 0.25) is 0 Å². The Hall–Kier alpha value is -3.38. The minimum absolute atomic E-state index is 0.121. The van der Waals surface area contributed by atoms with Gasteiger partial charge in [0.15, 0.2) is 11.0 Å². The van der Waals surface area contributed by atoms with Crippen molar-refractivity contribution in [3.05, 3.63) is 36.0 Å². The van der Waals surface area contributed by atoms with Gasteiger partial charge >= 0.3 is 5.97 Å². The number of thioether (sulfide) groups is 1. The largest absolute Gasteiger partial charge is 0.476 e. The van der Waals surface area contributed by atoms with E-state index in [4.69, 9.17) is 9.47 Å². The predicted molar refractivity (Wildman–Crippen MR) is 127 cm³/mol. The number of amides is 1. The van der Waals surface area contributed by atoms with Gasteiger partial charge < -0.3 is 19.5 Å². The lowest BCUT2D eigenvalue weighted by Crippen LogP contribution is -2.15. The number of anilines is 1. The van der Waals surface area contributed by atoms with E-state index < -0.39 is 5.97 Å². The normalized spacial score (nSPS) is 10.8. The first-order valence-corrected chi connectivity index (χ1v) is 11.7. The number of hydrogen-bond donors (Lipinski definition) is 1. The van der Waals surface area contributed by atoms with Gasteiger partial charge in [0, 0.05) is 25.5 Å². The van der Waals surface area contributed by atoms with E-state index in [0.29, 0.717) is 54.4 Å². The molecule has 34 heavy (non-hydrogen) atoms. The standard InChI is InChI=1S/C22H28N6O5S/c1-5-27-13-17(20(26-27)33-6-2)19-24-25-22(28(19)11-12-31-3)34-14-18(29)23-16-9-7-15(8-10-16)21(30)32-4/h7-10,13H,5-6,11-12,14H2,1-4H3,(H,23,29). The lowest BCUT2D eigenvalue weighted by Gasteiger charge is -2.10. The lowest BCUT2D eigenvalue weighted by molar-refractivity contribution is -0.113. The molecule has 11 nitrogen and oxygen atoms in total. The summed E-state index contributed by atoms with van der Waals surface area (Å²) in [4.78, 5) is 24.0. The maximum Gasteiger partial charge on any atom is 0.337 e. The number of carbonyl (C=O) groups excluding carboxylic acids is 2. The SMILES string of the molecule is CCOc1nn(CC)cc1-c1nnc(SCC(=O)Nc2ccc(C(=O)OC)cc2)n1CCOC. The molecule has 0 saturated heterocycles. The molecule has 0 fully saturated rings. The van der Waals surface area contributed by atoms with Crippen molar-refractivity contribution in [3.8, 4) is 17.3 Å². The van der Waals surface area contributed by atoms with E-state index in [-0.39, 0.29) is 11.7 Å². The van der Waals surface area contributed by atoms with E-state index in [1.54, 1.807) is 36.1 Å². The van der Waals surface area contributed by atoms with Crippen LogP contribution in [0.4, 0.5) is 5.69 Å². The van der Waals surface area contributed by atoms with E-state index in [9.17, 15) is 9.59 Å². The molecular formula is C22H28N6O5S. The summed E-state index contributed by atoms with van der Waals surface area (Å²) in [6, 6.07) is 6.48. The van der Waals surface area contributed by atoms with Crippen LogP contribution in [0, 0.1) is 0 Å². The first kappa shape index (κ1) is 25.2. The molecule has 2 aromatic heterocycles. The fourth-order valence-corrected chi connectivity index (χ4v) is 3.84. The third-order valence-electron chi connectivity index (χ3n) is 4.73. The van der Waals surface area contributed by atoms with Crippen LogP contribution in [0.25, 0.3) is 11.4 Å². The topological polar surface area (TPSA) is 122 Å². The quantitative estimate of drug-likeness (QED) is 0.303. The van der Waals surface area contributed by atoms with Gasteiger partial charge in [0.05, 0.1) is 38.2 Å². The summed E-state index contributed by atoms with van der Waals surface area (Å²) in [6.45, 7) is 6.00. The fourth-order valence-electron chi connectivity index (χ4n) is 3.08. The number of hydrogen-bond acceptors (Lipinski definition) is 9. The Morgan fingerprint density at radius 1 is 1.12 bits per heavy atom. The van der Waals surface area contributed by atoms with Crippen molar-refractivity contribution >= 4 is 29.3 Å². The van der Waals surface area contributed by atoms with Crippen molar-refractivity contribution in [1.82, 2.24) is 24.5 Å². The van der Waals surface area contributed by atoms with E-state index in [2.05, 4.69) is 25.3 Å². The van der Waals surface area contributed by atoms with Crippen LogP contribution in [-0.4, -0.2) is 69.6 Å². The minimum Gasteiger partial charge on any atom is -0.476 e. The number of rotatable bonds is 12. The number of carbonyl (C=O) groups is 2. The summed E-state index contributed by atoms with van der Waals surface area (Å²) in [6.07, 6.45) is 1.87. The van der Waals surface area contributed by atoms with Crippen molar-refractivity contribution in [2.75, 3.05) is 38.5 Å². The molecule has 1 N–H and O–H groups in total. The molecule has 2 heterocycles. The minimum atomic E-state index is -0.434. The molecule has 12 heteroatoms. The molecule has 182 valence electrons.